The molecule has 0 aliphatic heterocycles. The van der Waals surface area contributed by atoms with Crippen molar-refractivity contribution >= 4 is 33.2 Å². The molecule has 0 saturated carbocycles. The molecule has 1 amide bonds. The predicted molar refractivity (Wildman–Crippen MR) is 99.5 cm³/mol. The molecule has 2 aromatic carbocycles. The lowest BCUT2D eigenvalue weighted by Gasteiger charge is -2.11. The molecule has 140 valence electrons. The summed E-state index contributed by atoms with van der Waals surface area (Å²) in [4.78, 5) is 14.1. The van der Waals surface area contributed by atoms with Gasteiger partial charge in [-0.05, 0) is 56.6 Å². The van der Waals surface area contributed by atoms with Crippen LogP contribution >= 0.6 is 11.6 Å². The van der Waals surface area contributed by atoms with E-state index >= 15 is 0 Å². The molecule has 0 aromatic heterocycles. The number of sulfonamides is 1. The quantitative estimate of drug-likeness (QED) is 0.750. The van der Waals surface area contributed by atoms with Gasteiger partial charge < -0.3 is 10.2 Å². The van der Waals surface area contributed by atoms with Crippen LogP contribution in [0.15, 0.2) is 47.4 Å². The van der Waals surface area contributed by atoms with Crippen molar-refractivity contribution in [2.75, 3.05) is 32.5 Å². The lowest BCUT2D eigenvalue weighted by atomic mass is 10.2. The highest BCUT2D eigenvalue weighted by molar-refractivity contribution is 7.89. The molecule has 26 heavy (non-hydrogen) atoms. The molecule has 0 aliphatic rings. The van der Waals surface area contributed by atoms with Crippen LogP contribution < -0.4 is 10.0 Å². The Morgan fingerprint density at radius 3 is 2.38 bits per heavy atom. The van der Waals surface area contributed by atoms with Gasteiger partial charge in [-0.2, -0.15) is 0 Å². The highest BCUT2D eigenvalue weighted by Crippen LogP contribution is 2.20. The first-order valence-electron chi connectivity index (χ1n) is 7.70. The van der Waals surface area contributed by atoms with Crippen molar-refractivity contribution in [1.29, 1.82) is 0 Å². The molecule has 0 unspecified atom stereocenters. The maximum atomic E-state index is 13.1. The van der Waals surface area contributed by atoms with E-state index in [-0.39, 0.29) is 22.0 Å². The maximum Gasteiger partial charge on any atom is 0.255 e. The average molecular weight is 400 g/mol. The van der Waals surface area contributed by atoms with E-state index in [0.29, 0.717) is 12.2 Å². The number of hydrogen-bond donors (Lipinski definition) is 2. The van der Waals surface area contributed by atoms with Gasteiger partial charge in [-0.3, -0.25) is 4.79 Å². The Hall–Kier alpha value is -2.00. The Kier molecular flexibility index (Phi) is 6.71. The van der Waals surface area contributed by atoms with Crippen LogP contribution in [-0.2, 0) is 10.0 Å². The Labute approximate surface area is 157 Å². The minimum Gasteiger partial charge on any atom is -0.322 e. The minimum atomic E-state index is -3.64. The largest absolute Gasteiger partial charge is 0.322 e. The van der Waals surface area contributed by atoms with Crippen LogP contribution in [0.4, 0.5) is 10.1 Å². The summed E-state index contributed by atoms with van der Waals surface area (Å²) < 4.78 is 40.0. The number of anilines is 1. The van der Waals surface area contributed by atoms with E-state index in [9.17, 15) is 17.6 Å². The molecule has 0 bridgehead atoms. The van der Waals surface area contributed by atoms with Gasteiger partial charge in [0.1, 0.15) is 5.82 Å². The van der Waals surface area contributed by atoms with Crippen LogP contribution in [0.5, 0.6) is 0 Å². The van der Waals surface area contributed by atoms with E-state index in [1.165, 1.54) is 36.4 Å². The smallest absolute Gasteiger partial charge is 0.255 e. The van der Waals surface area contributed by atoms with Gasteiger partial charge in [-0.1, -0.05) is 11.6 Å². The van der Waals surface area contributed by atoms with Crippen LogP contribution in [0.2, 0.25) is 5.02 Å². The number of rotatable bonds is 7. The number of carbonyl (C=O) groups excluding carboxylic acids is 1. The normalized spacial score (nSPS) is 11.6. The zero-order valence-electron chi connectivity index (χ0n) is 14.3. The highest BCUT2D eigenvalue weighted by atomic mass is 35.5. The molecule has 0 fully saturated rings. The number of hydrogen-bond acceptors (Lipinski definition) is 4. The molecule has 0 heterocycles. The number of benzene rings is 2. The summed E-state index contributed by atoms with van der Waals surface area (Å²) in [6.45, 7) is 0.850. The Bertz CT molecular complexity index is 887. The molecule has 2 rings (SSSR count). The monoisotopic (exact) mass is 399 g/mol. The third-order valence-corrected chi connectivity index (χ3v) is 5.22. The Morgan fingerprint density at radius 1 is 1.15 bits per heavy atom. The first-order valence-corrected chi connectivity index (χ1v) is 9.56. The van der Waals surface area contributed by atoms with Gasteiger partial charge in [0.2, 0.25) is 10.0 Å². The van der Waals surface area contributed by atoms with Crippen molar-refractivity contribution in [3.8, 4) is 0 Å². The molecule has 2 aromatic rings. The number of nitrogens with one attached hydrogen (secondary N) is 2. The zero-order valence-corrected chi connectivity index (χ0v) is 15.9. The summed E-state index contributed by atoms with van der Waals surface area (Å²) in [5.74, 6) is -1.04. The first-order chi connectivity index (χ1) is 12.2. The molecule has 9 heteroatoms. The fraction of sp³-hybridized carbons (Fsp3) is 0.235. The van der Waals surface area contributed by atoms with Gasteiger partial charge in [-0.25, -0.2) is 17.5 Å². The second-order valence-electron chi connectivity index (χ2n) is 5.81. The topological polar surface area (TPSA) is 78.5 Å². The molecular formula is C17H19ClFN3O3S. The molecule has 0 saturated heterocycles. The fourth-order valence-electron chi connectivity index (χ4n) is 2.05. The molecule has 2 N–H and O–H groups in total. The van der Waals surface area contributed by atoms with Crippen molar-refractivity contribution in [3.05, 3.63) is 58.9 Å². The summed E-state index contributed by atoms with van der Waals surface area (Å²) in [5, 5.41) is 2.47. The molecular weight excluding hydrogens is 381 g/mol. The molecule has 0 radical (unpaired) electrons. The van der Waals surface area contributed by atoms with Gasteiger partial charge in [0.05, 0.1) is 9.92 Å². The third-order valence-electron chi connectivity index (χ3n) is 3.46. The Balaban J connectivity index is 2.05. The van der Waals surface area contributed by atoms with Crippen molar-refractivity contribution in [1.82, 2.24) is 9.62 Å². The number of likely N-dealkylation sites (N-methyl/N-ethyl adjacent to an activating group) is 1. The summed E-state index contributed by atoms with van der Waals surface area (Å²) in [6, 6.07) is 9.33. The van der Waals surface area contributed by atoms with Gasteiger partial charge in [0, 0.05) is 24.3 Å². The van der Waals surface area contributed by atoms with E-state index < -0.39 is 21.7 Å². The molecule has 6 nitrogen and oxygen atoms in total. The van der Waals surface area contributed by atoms with E-state index in [0.717, 1.165) is 6.07 Å². The molecule has 0 spiro atoms. The van der Waals surface area contributed by atoms with E-state index in [2.05, 4.69) is 10.0 Å². The zero-order chi connectivity index (χ0) is 19.3. The van der Waals surface area contributed by atoms with Gasteiger partial charge >= 0.3 is 0 Å². The van der Waals surface area contributed by atoms with E-state index in [1.54, 1.807) is 0 Å². The van der Waals surface area contributed by atoms with Crippen molar-refractivity contribution in [2.24, 2.45) is 0 Å². The summed E-state index contributed by atoms with van der Waals surface area (Å²) >= 11 is 5.67. The van der Waals surface area contributed by atoms with Crippen LogP contribution in [-0.4, -0.2) is 46.4 Å². The van der Waals surface area contributed by atoms with Gasteiger partial charge in [0.15, 0.2) is 0 Å². The maximum absolute atomic E-state index is 13.1. The molecule has 0 aliphatic carbocycles. The van der Waals surface area contributed by atoms with Crippen LogP contribution in [0.3, 0.4) is 0 Å². The van der Waals surface area contributed by atoms with Crippen molar-refractivity contribution in [3.63, 3.8) is 0 Å². The summed E-state index contributed by atoms with van der Waals surface area (Å²) in [7, 11) is 0.0514. The first kappa shape index (κ1) is 20.3. The minimum absolute atomic E-state index is 0.0673. The van der Waals surface area contributed by atoms with Crippen LogP contribution in [0, 0.1) is 5.82 Å². The van der Waals surface area contributed by atoms with Crippen LogP contribution in [0.25, 0.3) is 0 Å². The molecule has 0 atom stereocenters. The van der Waals surface area contributed by atoms with Crippen molar-refractivity contribution in [2.45, 2.75) is 4.90 Å². The van der Waals surface area contributed by atoms with Gasteiger partial charge in [-0.15, -0.1) is 0 Å². The number of amides is 1. The van der Waals surface area contributed by atoms with E-state index in [4.69, 9.17) is 11.6 Å². The highest BCUT2D eigenvalue weighted by Gasteiger charge is 2.15. The predicted octanol–water partition coefficient (Wildman–Crippen LogP) is 2.57. The number of halogens is 2. The number of carbonyl (C=O) groups is 1. The number of nitrogens with zero attached hydrogens (tertiary/aromatic N) is 1. The second-order valence-corrected chi connectivity index (χ2v) is 7.98. The fourth-order valence-corrected chi connectivity index (χ4v) is 3.25. The average Bonchev–Trinajstić information content (AvgIpc) is 2.58. The Morgan fingerprint density at radius 2 is 1.81 bits per heavy atom. The standard InChI is InChI=1S/C17H19ClFN3O3S/c1-22(2)10-9-20-26(24,25)14-6-3-12(4-7-14)17(23)21-13-5-8-16(19)15(18)11-13/h3-8,11,20H,9-10H2,1-2H3,(H,21,23). The van der Waals surface area contributed by atoms with Crippen molar-refractivity contribution < 1.29 is 17.6 Å². The SMILES string of the molecule is CN(C)CCNS(=O)(=O)c1ccc(C(=O)Nc2ccc(F)c(Cl)c2)cc1. The van der Waals surface area contributed by atoms with E-state index in [1.807, 2.05) is 19.0 Å². The third kappa shape index (κ3) is 5.50. The summed E-state index contributed by atoms with van der Waals surface area (Å²) in [6.07, 6.45) is 0. The summed E-state index contributed by atoms with van der Waals surface area (Å²) in [5.41, 5.74) is 0.598. The lowest BCUT2D eigenvalue weighted by Crippen LogP contribution is -2.31. The van der Waals surface area contributed by atoms with Gasteiger partial charge in [0.25, 0.3) is 5.91 Å². The lowest BCUT2D eigenvalue weighted by molar-refractivity contribution is 0.102. The van der Waals surface area contributed by atoms with Crippen LogP contribution in [0.1, 0.15) is 10.4 Å². The second kappa shape index (κ2) is 8.59.